The summed E-state index contributed by atoms with van der Waals surface area (Å²) < 4.78 is 1.04. The van der Waals surface area contributed by atoms with Crippen molar-refractivity contribution in [1.29, 1.82) is 0 Å². The highest BCUT2D eigenvalue weighted by Crippen LogP contribution is 2.28. The van der Waals surface area contributed by atoms with Gasteiger partial charge in [0, 0.05) is 27.8 Å². The molecule has 1 aliphatic heterocycles. The number of piperidine rings is 1. The fourth-order valence-electron chi connectivity index (χ4n) is 3.44. The van der Waals surface area contributed by atoms with Gasteiger partial charge in [-0.05, 0) is 64.3 Å². The summed E-state index contributed by atoms with van der Waals surface area (Å²) in [6.07, 6.45) is 5.39. The van der Waals surface area contributed by atoms with E-state index in [-0.39, 0.29) is 23.2 Å². The Kier molecular flexibility index (Phi) is 5.53. The van der Waals surface area contributed by atoms with Gasteiger partial charge in [0.25, 0.3) is 0 Å². The van der Waals surface area contributed by atoms with E-state index >= 15 is 0 Å². The Morgan fingerprint density at radius 1 is 1.17 bits per heavy atom. The molecule has 0 radical (unpaired) electrons. The zero-order valence-electron chi connectivity index (χ0n) is 14.2. The number of halogens is 1. The Balaban J connectivity index is 1.86. The fourth-order valence-corrected chi connectivity index (χ4v) is 3.70. The fraction of sp³-hybridized carbons (Fsp3) is 0.500. The van der Waals surface area contributed by atoms with Crippen molar-refractivity contribution in [3.63, 3.8) is 0 Å². The molecule has 1 saturated heterocycles. The van der Waals surface area contributed by atoms with E-state index in [0.29, 0.717) is 0 Å². The predicted molar refractivity (Wildman–Crippen MR) is 99.2 cm³/mol. The number of hydrogen-bond donors (Lipinski definition) is 3. The van der Waals surface area contributed by atoms with Crippen LogP contribution in [0.15, 0.2) is 34.9 Å². The second-order valence-corrected chi connectivity index (χ2v) is 8.42. The molecule has 1 aliphatic rings. The molecule has 3 N–H and O–H groups in total. The standard InChI is InChI=1S/C18H26BrN3O/c1-17(2)11-15(12-18(3,4)22-17)21-16(23)20-10-9-13-5-7-14(19)8-6-13/h5-10,15,22H,11-12H2,1-4H3,(H2,20,21,23)/b10-9+. The topological polar surface area (TPSA) is 53.2 Å². The molecule has 0 atom stereocenters. The number of benzene rings is 1. The first kappa shape index (κ1) is 18.0. The molecule has 1 heterocycles. The number of amides is 2. The van der Waals surface area contributed by atoms with E-state index in [1.807, 2.05) is 30.3 Å². The van der Waals surface area contributed by atoms with Gasteiger partial charge in [-0.15, -0.1) is 0 Å². The van der Waals surface area contributed by atoms with Crippen molar-refractivity contribution in [3.8, 4) is 0 Å². The third kappa shape index (κ3) is 5.99. The van der Waals surface area contributed by atoms with Gasteiger partial charge in [-0.2, -0.15) is 0 Å². The number of carbonyl (C=O) groups is 1. The van der Waals surface area contributed by atoms with Gasteiger partial charge in [0.15, 0.2) is 0 Å². The van der Waals surface area contributed by atoms with Gasteiger partial charge in [0.2, 0.25) is 0 Å². The maximum atomic E-state index is 12.1. The van der Waals surface area contributed by atoms with Crippen molar-refractivity contribution in [2.45, 2.75) is 57.7 Å². The summed E-state index contributed by atoms with van der Waals surface area (Å²) in [7, 11) is 0. The van der Waals surface area contributed by atoms with Crippen LogP contribution in [0.3, 0.4) is 0 Å². The predicted octanol–water partition coefficient (Wildman–Crippen LogP) is 4.03. The molecular formula is C18H26BrN3O. The number of nitrogens with one attached hydrogen (secondary N) is 3. The third-order valence-electron chi connectivity index (χ3n) is 3.89. The van der Waals surface area contributed by atoms with Crippen molar-refractivity contribution in [2.24, 2.45) is 0 Å². The second-order valence-electron chi connectivity index (χ2n) is 7.50. The molecule has 0 unspecified atom stereocenters. The van der Waals surface area contributed by atoms with E-state index in [2.05, 4.69) is 59.6 Å². The summed E-state index contributed by atoms with van der Waals surface area (Å²) in [6, 6.07) is 7.92. The number of hydrogen-bond acceptors (Lipinski definition) is 2. The van der Waals surface area contributed by atoms with Crippen molar-refractivity contribution in [1.82, 2.24) is 16.0 Å². The number of rotatable bonds is 3. The highest BCUT2D eigenvalue weighted by molar-refractivity contribution is 9.10. The first-order chi connectivity index (χ1) is 10.7. The summed E-state index contributed by atoms with van der Waals surface area (Å²) in [5, 5.41) is 9.48. The largest absolute Gasteiger partial charge is 0.335 e. The monoisotopic (exact) mass is 379 g/mol. The van der Waals surface area contributed by atoms with E-state index in [9.17, 15) is 4.79 Å². The molecule has 1 aromatic carbocycles. The van der Waals surface area contributed by atoms with Crippen molar-refractivity contribution in [3.05, 3.63) is 40.5 Å². The van der Waals surface area contributed by atoms with Crippen LogP contribution in [-0.4, -0.2) is 23.2 Å². The molecule has 0 bridgehead atoms. The minimum atomic E-state index is -0.156. The van der Waals surface area contributed by atoms with Gasteiger partial charge in [-0.3, -0.25) is 0 Å². The summed E-state index contributed by atoms with van der Waals surface area (Å²) in [4.78, 5) is 12.1. The molecule has 1 aromatic rings. The molecule has 23 heavy (non-hydrogen) atoms. The SMILES string of the molecule is CC1(C)CC(NC(=O)N/C=C/c2ccc(Br)cc2)CC(C)(C)N1. The summed E-state index contributed by atoms with van der Waals surface area (Å²) in [5.74, 6) is 0. The van der Waals surface area contributed by atoms with Gasteiger partial charge >= 0.3 is 6.03 Å². The third-order valence-corrected chi connectivity index (χ3v) is 4.41. The molecule has 0 aromatic heterocycles. The Morgan fingerprint density at radius 3 is 2.30 bits per heavy atom. The Labute approximate surface area is 147 Å². The summed E-state index contributed by atoms with van der Waals surface area (Å²) in [6.45, 7) is 8.70. The second kappa shape index (κ2) is 7.05. The van der Waals surface area contributed by atoms with Crippen LogP contribution < -0.4 is 16.0 Å². The maximum absolute atomic E-state index is 12.1. The first-order valence-electron chi connectivity index (χ1n) is 7.94. The zero-order valence-corrected chi connectivity index (χ0v) is 15.8. The van der Waals surface area contributed by atoms with Crippen LogP contribution >= 0.6 is 15.9 Å². The zero-order chi connectivity index (χ0) is 17.1. The van der Waals surface area contributed by atoms with Crippen LogP contribution in [0, 0.1) is 0 Å². The smallest absolute Gasteiger partial charge is 0.318 e. The van der Waals surface area contributed by atoms with E-state index < -0.39 is 0 Å². The minimum absolute atomic E-state index is 0.0208. The molecule has 126 valence electrons. The van der Waals surface area contributed by atoms with Crippen LogP contribution in [0.2, 0.25) is 0 Å². The molecular weight excluding hydrogens is 354 g/mol. The number of carbonyl (C=O) groups excluding carboxylic acids is 1. The van der Waals surface area contributed by atoms with E-state index in [0.717, 1.165) is 22.9 Å². The average Bonchev–Trinajstić information content (AvgIpc) is 2.37. The lowest BCUT2D eigenvalue weighted by Crippen LogP contribution is -2.62. The molecule has 2 amide bonds. The highest BCUT2D eigenvalue weighted by atomic mass is 79.9. The van der Waals surface area contributed by atoms with Crippen LogP contribution in [-0.2, 0) is 0 Å². The van der Waals surface area contributed by atoms with Gasteiger partial charge in [0.1, 0.15) is 0 Å². The van der Waals surface area contributed by atoms with Crippen LogP contribution in [0.5, 0.6) is 0 Å². The minimum Gasteiger partial charge on any atom is -0.335 e. The van der Waals surface area contributed by atoms with Gasteiger partial charge in [-0.1, -0.05) is 28.1 Å². The van der Waals surface area contributed by atoms with Gasteiger partial charge in [0.05, 0.1) is 0 Å². The molecule has 5 heteroatoms. The van der Waals surface area contributed by atoms with Gasteiger partial charge < -0.3 is 16.0 Å². The van der Waals surface area contributed by atoms with Crippen molar-refractivity contribution >= 4 is 28.0 Å². The normalized spacial score (nSPS) is 20.4. The molecule has 0 aliphatic carbocycles. The molecule has 2 rings (SSSR count). The lowest BCUT2D eigenvalue weighted by Gasteiger charge is -2.46. The lowest BCUT2D eigenvalue weighted by molar-refractivity contribution is 0.148. The van der Waals surface area contributed by atoms with Crippen molar-refractivity contribution in [2.75, 3.05) is 0 Å². The van der Waals surface area contributed by atoms with Gasteiger partial charge in [-0.25, -0.2) is 4.79 Å². The van der Waals surface area contributed by atoms with E-state index in [1.165, 1.54) is 0 Å². The summed E-state index contributed by atoms with van der Waals surface area (Å²) in [5.41, 5.74) is 1.08. The van der Waals surface area contributed by atoms with E-state index in [4.69, 9.17) is 0 Å². The van der Waals surface area contributed by atoms with Crippen LogP contribution in [0.4, 0.5) is 4.79 Å². The van der Waals surface area contributed by atoms with Crippen LogP contribution in [0.1, 0.15) is 46.1 Å². The molecule has 4 nitrogen and oxygen atoms in total. The molecule has 0 saturated carbocycles. The first-order valence-corrected chi connectivity index (χ1v) is 8.73. The Hall–Kier alpha value is -1.33. The molecule has 1 fully saturated rings. The Bertz CT molecular complexity index is 562. The number of urea groups is 1. The van der Waals surface area contributed by atoms with Crippen molar-refractivity contribution < 1.29 is 4.79 Å². The van der Waals surface area contributed by atoms with E-state index in [1.54, 1.807) is 6.20 Å². The maximum Gasteiger partial charge on any atom is 0.318 e. The average molecular weight is 380 g/mol. The quantitative estimate of drug-likeness (QED) is 0.742. The summed E-state index contributed by atoms with van der Waals surface area (Å²) >= 11 is 3.40. The lowest BCUT2D eigenvalue weighted by atomic mass is 9.80. The van der Waals surface area contributed by atoms with Crippen LogP contribution in [0.25, 0.3) is 6.08 Å². The molecule has 0 spiro atoms. The highest BCUT2D eigenvalue weighted by Gasteiger charge is 2.38. The Morgan fingerprint density at radius 2 is 1.74 bits per heavy atom.